The van der Waals surface area contributed by atoms with E-state index in [9.17, 15) is 9.59 Å². The first-order chi connectivity index (χ1) is 9.43. The third-order valence-electron chi connectivity index (χ3n) is 3.40. The zero-order chi connectivity index (χ0) is 14.8. The van der Waals surface area contributed by atoms with Gasteiger partial charge in [-0.25, -0.2) is 0 Å². The number of Topliss-reactive ketones (excluding diaryl/α,β-unsaturated/α-hetero) is 2. The molecule has 0 atom stereocenters. The Kier molecular flexibility index (Phi) is 4.07. The third-order valence-corrected chi connectivity index (χ3v) is 3.40. The van der Waals surface area contributed by atoms with Crippen molar-refractivity contribution in [2.24, 2.45) is 5.41 Å². The van der Waals surface area contributed by atoms with Crippen LogP contribution in [0.2, 0.25) is 0 Å². The van der Waals surface area contributed by atoms with Crippen LogP contribution in [-0.4, -0.2) is 18.2 Å². The second-order valence-corrected chi connectivity index (χ2v) is 5.89. The Morgan fingerprint density at radius 3 is 2.35 bits per heavy atom. The second-order valence-electron chi connectivity index (χ2n) is 5.89. The summed E-state index contributed by atoms with van der Waals surface area (Å²) in [7, 11) is 0. The van der Waals surface area contributed by atoms with Gasteiger partial charge in [0, 0.05) is 18.4 Å². The number of rotatable bonds is 3. The van der Waals surface area contributed by atoms with Gasteiger partial charge in [0.2, 0.25) is 0 Å². The van der Waals surface area contributed by atoms with E-state index in [-0.39, 0.29) is 17.0 Å². The van der Waals surface area contributed by atoms with Gasteiger partial charge < -0.3 is 4.74 Å². The van der Waals surface area contributed by atoms with Crippen LogP contribution < -0.4 is 4.74 Å². The molecule has 1 aliphatic carbocycles. The SMILES string of the molecule is CCOc1ccccc1C=C1C(=O)CC(C)(C)CC1=O. The Balaban J connectivity index is 2.36. The lowest BCUT2D eigenvalue weighted by molar-refractivity contribution is -0.127. The van der Waals surface area contributed by atoms with Crippen molar-refractivity contribution >= 4 is 17.6 Å². The minimum Gasteiger partial charge on any atom is -0.493 e. The van der Waals surface area contributed by atoms with Gasteiger partial charge in [-0.05, 0) is 24.5 Å². The van der Waals surface area contributed by atoms with Gasteiger partial charge in [-0.2, -0.15) is 0 Å². The predicted molar refractivity (Wildman–Crippen MR) is 78.6 cm³/mol. The highest BCUT2D eigenvalue weighted by molar-refractivity contribution is 6.25. The van der Waals surface area contributed by atoms with Crippen molar-refractivity contribution in [1.29, 1.82) is 0 Å². The highest BCUT2D eigenvalue weighted by atomic mass is 16.5. The summed E-state index contributed by atoms with van der Waals surface area (Å²) in [6.07, 6.45) is 2.51. The molecule has 3 nitrogen and oxygen atoms in total. The summed E-state index contributed by atoms with van der Waals surface area (Å²) in [6, 6.07) is 7.45. The molecule has 0 aliphatic heterocycles. The topological polar surface area (TPSA) is 43.4 Å². The van der Waals surface area contributed by atoms with Crippen molar-refractivity contribution in [3.8, 4) is 5.75 Å². The number of ether oxygens (including phenoxy) is 1. The van der Waals surface area contributed by atoms with E-state index in [0.29, 0.717) is 30.8 Å². The highest BCUT2D eigenvalue weighted by Crippen LogP contribution is 2.35. The van der Waals surface area contributed by atoms with Crippen LogP contribution in [0, 0.1) is 5.41 Å². The average Bonchev–Trinajstić information content (AvgIpc) is 2.35. The summed E-state index contributed by atoms with van der Waals surface area (Å²) in [5.74, 6) is 0.558. The molecule has 0 spiro atoms. The lowest BCUT2D eigenvalue weighted by Crippen LogP contribution is -2.31. The van der Waals surface area contributed by atoms with E-state index in [0.717, 1.165) is 5.56 Å². The Labute approximate surface area is 119 Å². The molecular weight excluding hydrogens is 252 g/mol. The predicted octanol–water partition coefficient (Wildman–Crippen LogP) is 3.43. The average molecular weight is 272 g/mol. The molecule has 3 heteroatoms. The number of allylic oxidation sites excluding steroid dienone is 1. The third kappa shape index (κ3) is 3.16. The molecule has 1 aliphatic rings. The number of ketones is 2. The Hall–Kier alpha value is -1.90. The molecule has 20 heavy (non-hydrogen) atoms. The molecule has 2 rings (SSSR count). The quantitative estimate of drug-likeness (QED) is 0.625. The molecule has 1 aromatic carbocycles. The molecule has 1 saturated carbocycles. The van der Waals surface area contributed by atoms with E-state index in [4.69, 9.17) is 4.74 Å². The number of carbonyl (C=O) groups excluding carboxylic acids is 2. The highest BCUT2D eigenvalue weighted by Gasteiger charge is 2.35. The van der Waals surface area contributed by atoms with Gasteiger partial charge in [-0.3, -0.25) is 9.59 Å². The lowest BCUT2D eigenvalue weighted by atomic mass is 9.74. The minimum absolute atomic E-state index is 0.0717. The maximum Gasteiger partial charge on any atom is 0.167 e. The summed E-state index contributed by atoms with van der Waals surface area (Å²) in [5.41, 5.74) is 0.854. The van der Waals surface area contributed by atoms with E-state index >= 15 is 0 Å². The molecule has 106 valence electrons. The zero-order valence-electron chi connectivity index (χ0n) is 12.2. The molecule has 1 aromatic rings. The van der Waals surface area contributed by atoms with Crippen molar-refractivity contribution in [1.82, 2.24) is 0 Å². The van der Waals surface area contributed by atoms with Gasteiger partial charge in [0.1, 0.15) is 5.75 Å². The van der Waals surface area contributed by atoms with Gasteiger partial charge in [0.05, 0.1) is 12.2 Å². The van der Waals surface area contributed by atoms with E-state index in [1.807, 2.05) is 45.0 Å². The second kappa shape index (κ2) is 5.61. The summed E-state index contributed by atoms with van der Waals surface area (Å²) in [6.45, 7) is 6.36. The van der Waals surface area contributed by atoms with Crippen LogP contribution in [0.5, 0.6) is 5.75 Å². The Bertz CT molecular complexity index is 545. The first kappa shape index (κ1) is 14.5. The molecule has 0 aromatic heterocycles. The standard InChI is InChI=1S/C17H20O3/c1-4-20-16-8-6-5-7-12(16)9-13-14(18)10-17(2,3)11-15(13)19/h5-9H,4,10-11H2,1-3H3. The fraction of sp³-hybridized carbons (Fsp3) is 0.412. The van der Waals surface area contributed by atoms with Crippen LogP contribution in [-0.2, 0) is 9.59 Å². The lowest BCUT2D eigenvalue weighted by Gasteiger charge is -2.28. The molecule has 0 radical (unpaired) electrons. The summed E-state index contributed by atoms with van der Waals surface area (Å²) < 4.78 is 5.52. The van der Waals surface area contributed by atoms with Crippen molar-refractivity contribution in [3.63, 3.8) is 0 Å². The van der Waals surface area contributed by atoms with Crippen LogP contribution in [0.1, 0.15) is 39.2 Å². The van der Waals surface area contributed by atoms with Crippen molar-refractivity contribution in [2.45, 2.75) is 33.6 Å². The molecule has 0 unspecified atom stereocenters. The largest absolute Gasteiger partial charge is 0.493 e. The van der Waals surface area contributed by atoms with Crippen LogP contribution in [0.15, 0.2) is 29.8 Å². The summed E-state index contributed by atoms with van der Waals surface area (Å²) in [5, 5.41) is 0. The monoisotopic (exact) mass is 272 g/mol. The number of benzene rings is 1. The van der Waals surface area contributed by atoms with Crippen LogP contribution in [0.4, 0.5) is 0 Å². The molecule has 0 saturated heterocycles. The summed E-state index contributed by atoms with van der Waals surface area (Å²) >= 11 is 0. The first-order valence-corrected chi connectivity index (χ1v) is 6.93. The van der Waals surface area contributed by atoms with Gasteiger partial charge >= 0.3 is 0 Å². The molecule has 0 amide bonds. The molecular formula is C17H20O3. The number of hydrogen-bond donors (Lipinski definition) is 0. The molecule has 1 fully saturated rings. The first-order valence-electron chi connectivity index (χ1n) is 6.93. The number of carbonyl (C=O) groups is 2. The van der Waals surface area contributed by atoms with E-state index in [1.54, 1.807) is 6.08 Å². The van der Waals surface area contributed by atoms with E-state index in [2.05, 4.69) is 0 Å². The Morgan fingerprint density at radius 2 is 1.75 bits per heavy atom. The molecule has 0 bridgehead atoms. The smallest absolute Gasteiger partial charge is 0.167 e. The van der Waals surface area contributed by atoms with Crippen LogP contribution in [0.25, 0.3) is 6.08 Å². The van der Waals surface area contributed by atoms with Gasteiger partial charge in [-0.1, -0.05) is 32.0 Å². The maximum atomic E-state index is 12.2. The maximum absolute atomic E-state index is 12.2. The van der Waals surface area contributed by atoms with Gasteiger partial charge in [0.25, 0.3) is 0 Å². The zero-order valence-corrected chi connectivity index (χ0v) is 12.2. The van der Waals surface area contributed by atoms with Crippen LogP contribution in [0.3, 0.4) is 0 Å². The van der Waals surface area contributed by atoms with Crippen molar-refractivity contribution < 1.29 is 14.3 Å². The molecule has 0 heterocycles. The normalized spacial score (nSPS) is 18.1. The fourth-order valence-corrected chi connectivity index (χ4v) is 2.48. The van der Waals surface area contributed by atoms with Gasteiger partial charge in [-0.15, -0.1) is 0 Å². The number of para-hydroxylation sites is 1. The fourth-order valence-electron chi connectivity index (χ4n) is 2.48. The van der Waals surface area contributed by atoms with E-state index < -0.39 is 0 Å². The summed E-state index contributed by atoms with van der Waals surface area (Å²) in [4.78, 5) is 24.3. The molecule has 0 N–H and O–H groups in total. The van der Waals surface area contributed by atoms with Crippen LogP contribution >= 0.6 is 0 Å². The Morgan fingerprint density at radius 1 is 1.15 bits per heavy atom. The minimum atomic E-state index is -0.231. The van der Waals surface area contributed by atoms with Crippen molar-refractivity contribution in [3.05, 3.63) is 35.4 Å². The number of hydrogen-bond acceptors (Lipinski definition) is 3. The van der Waals surface area contributed by atoms with E-state index in [1.165, 1.54) is 0 Å². The van der Waals surface area contributed by atoms with Gasteiger partial charge in [0.15, 0.2) is 11.6 Å². The van der Waals surface area contributed by atoms with Crippen molar-refractivity contribution in [2.75, 3.05) is 6.61 Å².